The van der Waals surface area contributed by atoms with Gasteiger partial charge in [0.25, 0.3) is 11.8 Å². The number of carbonyl (C=O) groups excluding carboxylic acids is 4. The molecule has 2 aliphatic rings. The van der Waals surface area contributed by atoms with Crippen LogP contribution in [0.5, 0.6) is 0 Å². The number of hydrogen-bond acceptors (Lipinski definition) is 5. The molecule has 1 saturated heterocycles. The van der Waals surface area contributed by atoms with Crippen molar-refractivity contribution in [2.24, 2.45) is 0 Å². The molecular weight excluding hydrogens is 334 g/mol. The van der Waals surface area contributed by atoms with Crippen molar-refractivity contribution < 1.29 is 19.2 Å². The summed E-state index contributed by atoms with van der Waals surface area (Å²) in [6, 6.07) is 3.99. The standard InChI is InChI=1S/C14H13N3O4.C3H8.C2H6/c1-15-8-4-2-3-7-11(8)14(21)17(13(7)20)9-5-6-10(18)16-12(9)19;1-3-2;1-2/h2-4,9,15H,5-6H2,1H3,(H,16,18,19);3H2,1-2H3;1-2H3. The van der Waals surface area contributed by atoms with Crippen LogP contribution in [-0.4, -0.2) is 41.6 Å². The third-order valence-corrected chi connectivity index (χ3v) is 3.74. The van der Waals surface area contributed by atoms with Gasteiger partial charge < -0.3 is 5.32 Å². The minimum atomic E-state index is -0.931. The second kappa shape index (κ2) is 9.70. The summed E-state index contributed by atoms with van der Waals surface area (Å²) in [5.74, 6) is -1.99. The van der Waals surface area contributed by atoms with Crippen LogP contribution in [0.2, 0.25) is 0 Å². The Morgan fingerprint density at radius 1 is 1.12 bits per heavy atom. The highest BCUT2D eigenvalue weighted by Crippen LogP contribution is 2.31. The molecule has 1 fully saturated rings. The first-order valence-electron chi connectivity index (χ1n) is 8.98. The highest BCUT2D eigenvalue weighted by molar-refractivity contribution is 6.25. The molecule has 1 atom stereocenters. The Balaban J connectivity index is 0.000000615. The molecule has 2 aliphatic heterocycles. The Labute approximate surface area is 154 Å². The van der Waals surface area contributed by atoms with Gasteiger partial charge >= 0.3 is 0 Å². The number of carbonyl (C=O) groups is 4. The molecule has 0 aromatic heterocycles. The topological polar surface area (TPSA) is 95.6 Å². The van der Waals surface area contributed by atoms with E-state index in [1.165, 1.54) is 6.42 Å². The predicted molar refractivity (Wildman–Crippen MR) is 100.0 cm³/mol. The smallest absolute Gasteiger partial charge is 0.264 e. The minimum Gasteiger partial charge on any atom is -0.387 e. The highest BCUT2D eigenvalue weighted by Gasteiger charge is 2.45. The number of hydrogen-bond donors (Lipinski definition) is 2. The second-order valence-electron chi connectivity index (χ2n) is 5.63. The van der Waals surface area contributed by atoms with Crippen molar-refractivity contribution in [2.75, 3.05) is 12.4 Å². The van der Waals surface area contributed by atoms with E-state index in [4.69, 9.17) is 0 Å². The molecular formula is C19H27N3O4. The first-order chi connectivity index (χ1) is 12.5. The Morgan fingerprint density at radius 2 is 1.73 bits per heavy atom. The number of benzene rings is 1. The van der Waals surface area contributed by atoms with Crippen LogP contribution >= 0.6 is 0 Å². The van der Waals surface area contributed by atoms with Gasteiger partial charge in [-0.15, -0.1) is 0 Å². The molecule has 0 bridgehead atoms. The summed E-state index contributed by atoms with van der Waals surface area (Å²) in [5.41, 5.74) is 1.09. The van der Waals surface area contributed by atoms with E-state index >= 15 is 0 Å². The molecule has 2 N–H and O–H groups in total. The SMILES string of the molecule is CC.CCC.CNc1cccc2c1C(=O)N(C1CCC(=O)NC1=O)C2=O. The van der Waals surface area contributed by atoms with Crippen molar-refractivity contribution >= 4 is 29.3 Å². The second-order valence-corrected chi connectivity index (χ2v) is 5.63. The zero-order chi connectivity index (χ0) is 19.9. The summed E-state index contributed by atoms with van der Waals surface area (Å²) in [6.45, 7) is 8.25. The van der Waals surface area contributed by atoms with Crippen LogP contribution in [0.25, 0.3) is 0 Å². The number of nitrogens with zero attached hydrogens (tertiary/aromatic N) is 1. The van der Waals surface area contributed by atoms with Crippen LogP contribution in [-0.2, 0) is 9.59 Å². The van der Waals surface area contributed by atoms with Gasteiger partial charge in [-0.2, -0.15) is 0 Å². The molecule has 0 aliphatic carbocycles. The molecule has 0 saturated carbocycles. The van der Waals surface area contributed by atoms with E-state index in [-0.39, 0.29) is 29.9 Å². The number of nitrogens with one attached hydrogen (secondary N) is 2. The Bertz CT molecular complexity index is 700. The fraction of sp³-hybridized carbons (Fsp3) is 0.474. The molecule has 1 unspecified atom stereocenters. The number of rotatable bonds is 2. The lowest BCUT2D eigenvalue weighted by molar-refractivity contribution is -0.136. The van der Waals surface area contributed by atoms with E-state index in [1.54, 1.807) is 25.2 Å². The van der Waals surface area contributed by atoms with E-state index in [2.05, 4.69) is 24.5 Å². The van der Waals surface area contributed by atoms with Crippen LogP contribution in [0.3, 0.4) is 0 Å². The Kier molecular flexibility index (Phi) is 7.96. The van der Waals surface area contributed by atoms with E-state index in [1.807, 2.05) is 13.8 Å². The summed E-state index contributed by atoms with van der Waals surface area (Å²) in [7, 11) is 1.65. The summed E-state index contributed by atoms with van der Waals surface area (Å²) in [5, 5.41) is 5.03. The maximum Gasteiger partial charge on any atom is 0.264 e. The van der Waals surface area contributed by atoms with Crippen molar-refractivity contribution in [2.45, 2.75) is 53.0 Å². The number of imide groups is 2. The van der Waals surface area contributed by atoms with Gasteiger partial charge in [0, 0.05) is 19.2 Å². The number of piperidine rings is 1. The molecule has 26 heavy (non-hydrogen) atoms. The first kappa shape index (κ1) is 21.3. The van der Waals surface area contributed by atoms with Crippen LogP contribution in [0, 0.1) is 0 Å². The molecule has 0 radical (unpaired) electrons. The highest BCUT2D eigenvalue weighted by atomic mass is 16.2. The van der Waals surface area contributed by atoms with Crippen molar-refractivity contribution in [1.29, 1.82) is 0 Å². The van der Waals surface area contributed by atoms with E-state index in [0.29, 0.717) is 5.69 Å². The number of anilines is 1. The van der Waals surface area contributed by atoms with E-state index < -0.39 is 23.8 Å². The average molecular weight is 361 g/mol. The first-order valence-corrected chi connectivity index (χ1v) is 8.98. The van der Waals surface area contributed by atoms with Crippen LogP contribution in [0.1, 0.15) is 67.7 Å². The summed E-state index contributed by atoms with van der Waals surface area (Å²) >= 11 is 0. The molecule has 7 nitrogen and oxygen atoms in total. The number of fused-ring (bicyclic) bond motifs is 1. The van der Waals surface area contributed by atoms with Gasteiger partial charge in [0.15, 0.2) is 0 Å². The lowest BCUT2D eigenvalue weighted by Gasteiger charge is -2.27. The quantitative estimate of drug-likeness (QED) is 0.790. The van der Waals surface area contributed by atoms with Gasteiger partial charge in [0.2, 0.25) is 11.8 Å². The molecule has 1 aromatic rings. The van der Waals surface area contributed by atoms with Crippen molar-refractivity contribution in [3.63, 3.8) is 0 Å². The van der Waals surface area contributed by atoms with Crippen molar-refractivity contribution in [3.8, 4) is 0 Å². The lowest BCUT2D eigenvalue weighted by Crippen LogP contribution is -2.54. The third kappa shape index (κ3) is 4.09. The molecule has 2 heterocycles. The van der Waals surface area contributed by atoms with Crippen molar-refractivity contribution in [3.05, 3.63) is 29.3 Å². The van der Waals surface area contributed by atoms with Gasteiger partial charge in [-0.3, -0.25) is 29.4 Å². The van der Waals surface area contributed by atoms with Crippen LogP contribution < -0.4 is 10.6 Å². The predicted octanol–water partition coefficient (Wildman–Crippen LogP) is 2.57. The molecule has 3 rings (SSSR count). The maximum absolute atomic E-state index is 12.5. The van der Waals surface area contributed by atoms with Gasteiger partial charge in [0.1, 0.15) is 6.04 Å². The minimum absolute atomic E-state index is 0.114. The Hall–Kier alpha value is -2.70. The monoisotopic (exact) mass is 361 g/mol. The molecule has 1 aromatic carbocycles. The summed E-state index contributed by atoms with van der Waals surface area (Å²) in [6.07, 6.45) is 1.52. The number of amides is 4. The molecule has 4 amide bonds. The summed E-state index contributed by atoms with van der Waals surface area (Å²) in [4.78, 5) is 49.0. The fourth-order valence-electron chi connectivity index (χ4n) is 2.72. The van der Waals surface area contributed by atoms with Gasteiger partial charge in [-0.25, -0.2) is 0 Å². The zero-order valence-corrected chi connectivity index (χ0v) is 16.0. The van der Waals surface area contributed by atoms with Crippen LogP contribution in [0.4, 0.5) is 5.69 Å². The van der Waals surface area contributed by atoms with E-state index in [0.717, 1.165) is 4.90 Å². The lowest BCUT2D eigenvalue weighted by atomic mass is 10.0. The third-order valence-electron chi connectivity index (χ3n) is 3.74. The maximum atomic E-state index is 12.5. The normalized spacial score (nSPS) is 18.2. The largest absolute Gasteiger partial charge is 0.387 e. The zero-order valence-electron chi connectivity index (χ0n) is 16.0. The van der Waals surface area contributed by atoms with Gasteiger partial charge in [-0.05, 0) is 18.6 Å². The fourth-order valence-corrected chi connectivity index (χ4v) is 2.72. The van der Waals surface area contributed by atoms with E-state index in [9.17, 15) is 19.2 Å². The molecule has 0 spiro atoms. The Morgan fingerprint density at radius 3 is 2.27 bits per heavy atom. The molecule has 142 valence electrons. The molecule has 7 heteroatoms. The van der Waals surface area contributed by atoms with Crippen molar-refractivity contribution in [1.82, 2.24) is 10.2 Å². The average Bonchev–Trinajstić information content (AvgIpc) is 2.89. The van der Waals surface area contributed by atoms with Crippen LogP contribution in [0.15, 0.2) is 18.2 Å². The summed E-state index contributed by atoms with van der Waals surface area (Å²) < 4.78 is 0. The van der Waals surface area contributed by atoms with Gasteiger partial charge in [-0.1, -0.05) is 40.2 Å². The van der Waals surface area contributed by atoms with Gasteiger partial charge in [0.05, 0.1) is 11.1 Å².